The van der Waals surface area contributed by atoms with Gasteiger partial charge < -0.3 is 9.31 Å². The van der Waals surface area contributed by atoms with Crippen LogP contribution < -0.4 is 5.46 Å². The number of benzene rings is 3. The maximum Gasteiger partial charge on any atom is 0.494 e. The van der Waals surface area contributed by atoms with Gasteiger partial charge in [-0.2, -0.15) is 0 Å². The van der Waals surface area contributed by atoms with Gasteiger partial charge in [0.25, 0.3) is 0 Å². The molecule has 1 heterocycles. The van der Waals surface area contributed by atoms with Crippen LogP contribution in [0, 0.1) is 0 Å². The molecule has 0 unspecified atom stereocenters. The van der Waals surface area contributed by atoms with Crippen LogP contribution in [0.4, 0.5) is 0 Å². The Balaban J connectivity index is 1.62. The van der Waals surface area contributed by atoms with Crippen molar-refractivity contribution in [2.75, 3.05) is 6.61 Å². The first-order valence-corrected chi connectivity index (χ1v) is 7.99. The molecule has 1 aliphatic rings. The van der Waals surface area contributed by atoms with Crippen molar-refractivity contribution in [3.8, 4) is 11.1 Å². The summed E-state index contributed by atoms with van der Waals surface area (Å²) in [7, 11) is -0.254. The maximum absolute atomic E-state index is 5.92. The fourth-order valence-corrected chi connectivity index (χ4v) is 3.00. The van der Waals surface area contributed by atoms with Gasteiger partial charge in [-0.15, -0.1) is 0 Å². The molecule has 23 heavy (non-hydrogen) atoms. The Kier molecular flexibility index (Phi) is 3.48. The van der Waals surface area contributed by atoms with Gasteiger partial charge in [-0.25, -0.2) is 0 Å². The Morgan fingerprint density at radius 1 is 0.826 bits per heavy atom. The smallest absolute Gasteiger partial charge is 0.404 e. The van der Waals surface area contributed by atoms with Gasteiger partial charge in [0.2, 0.25) is 0 Å². The average molecular weight is 302 g/mol. The third-order valence-electron chi connectivity index (χ3n) is 4.27. The molecule has 0 saturated carbocycles. The van der Waals surface area contributed by atoms with Crippen LogP contribution in [0.1, 0.15) is 13.8 Å². The monoisotopic (exact) mass is 302 g/mol. The minimum absolute atomic E-state index is 0.207. The van der Waals surface area contributed by atoms with E-state index in [1.807, 2.05) is 0 Å². The molecular formula is C20H19BO2. The fourth-order valence-electron chi connectivity index (χ4n) is 3.00. The molecule has 1 saturated heterocycles. The van der Waals surface area contributed by atoms with E-state index in [9.17, 15) is 0 Å². The van der Waals surface area contributed by atoms with Gasteiger partial charge in [0, 0.05) is 0 Å². The van der Waals surface area contributed by atoms with E-state index in [2.05, 4.69) is 80.6 Å². The van der Waals surface area contributed by atoms with Crippen molar-refractivity contribution in [2.24, 2.45) is 0 Å². The summed E-state index contributed by atoms with van der Waals surface area (Å²) in [4.78, 5) is 0. The van der Waals surface area contributed by atoms with Gasteiger partial charge >= 0.3 is 7.12 Å². The largest absolute Gasteiger partial charge is 0.494 e. The van der Waals surface area contributed by atoms with Crippen molar-refractivity contribution >= 4 is 23.4 Å². The average Bonchev–Trinajstić information content (AvgIpc) is 2.94. The summed E-state index contributed by atoms with van der Waals surface area (Å²) >= 11 is 0. The summed E-state index contributed by atoms with van der Waals surface area (Å²) in [6.45, 7) is 4.73. The molecule has 0 aliphatic carbocycles. The summed E-state index contributed by atoms with van der Waals surface area (Å²) in [5.74, 6) is 0. The molecule has 0 radical (unpaired) electrons. The normalized spacial score (nSPS) is 16.9. The first-order valence-electron chi connectivity index (χ1n) is 7.99. The van der Waals surface area contributed by atoms with Gasteiger partial charge in [0.1, 0.15) is 0 Å². The van der Waals surface area contributed by atoms with Crippen molar-refractivity contribution < 1.29 is 9.31 Å². The van der Waals surface area contributed by atoms with Crippen molar-refractivity contribution in [3.63, 3.8) is 0 Å². The molecule has 0 spiro atoms. The number of fused-ring (bicyclic) bond motifs is 1. The fraction of sp³-hybridized carbons (Fsp3) is 0.200. The van der Waals surface area contributed by atoms with E-state index >= 15 is 0 Å². The maximum atomic E-state index is 5.92. The molecule has 3 heteroatoms. The van der Waals surface area contributed by atoms with E-state index in [-0.39, 0.29) is 12.7 Å². The molecule has 0 bridgehead atoms. The Morgan fingerprint density at radius 2 is 1.52 bits per heavy atom. The van der Waals surface area contributed by atoms with E-state index in [4.69, 9.17) is 9.31 Å². The third kappa shape index (κ3) is 2.90. The summed E-state index contributed by atoms with van der Waals surface area (Å²) in [6.07, 6.45) is 0. The Hall–Kier alpha value is -2.10. The standard InChI is InChI=1S/C20H19BO2/c1-20(2)14-22-21(23-20)19-11-9-16(10-12-19)18-8-7-15-5-3-4-6-17(15)13-18/h3-13H,14H2,1-2H3. The highest BCUT2D eigenvalue weighted by Gasteiger charge is 2.37. The molecule has 4 rings (SSSR count). The highest BCUT2D eigenvalue weighted by molar-refractivity contribution is 6.61. The lowest BCUT2D eigenvalue weighted by molar-refractivity contribution is 0.137. The lowest BCUT2D eigenvalue weighted by Crippen LogP contribution is -2.34. The van der Waals surface area contributed by atoms with Crippen LogP contribution in [0.3, 0.4) is 0 Å². The molecule has 114 valence electrons. The Morgan fingerprint density at radius 3 is 2.22 bits per heavy atom. The van der Waals surface area contributed by atoms with Crippen LogP contribution in [0.2, 0.25) is 0 Å². The summed E-state index contributed by atoms with van der Waals surface area (Å²) in [6, 6.07) is 23.5. The molecule has 0 atom stereocenters. The Bertz CT molecular complexity index is 840. The highest BCUT2D eigenvalue weighted by Crippen LogP contribution is 2.25. The predicted molar refractivity (Wildman–Crippen MR) is 95.9 cm³/mol. The van der Waals surface area contributed by atoms with E-state index in [0.717, 1.165) is 5.46 Å². The van der Waals surface area contributed by atoms with Crippen LogP contribution in [0.15, 0.2) is 66.7 Å². The zero-order valence-electron chi connectivity index (χ0n) is 13.5. The van der Waals surface area contributed by atoms with Crippen molar-refractivity contribution in [1.29, 1.82) is 0 Å². The summed E-state index contributed by atoms with van der Waals surface area (Å²) < 4.78 is 11.7. The Labute approximate surface area is 137 Å². The topological polar surface area (TPSA) is 18.5 Å². The van der Waals surface area contributed by atoms with Gasteiger partial charge in [0.05, 0.1) is 12.2 Å². The quantitative estimate of drug-likeness (QED) is 0.665. The second-order valence-electron chi connectivity index (χ2n) is 6.70. The second-order valence-corrected chi connectivity index (χ2v) is 6.70. The molecule has 0 aromatic heterocycles. The first-order chi connectivity index (χ1) is 11.1. The lowest BCUT2D eigenvalue weighted by atomic mass is 9.78. The lowest BCUT2D eigenvalue weighted by Gasteiger charge is -2.15. The molecule has 1 fully saturated rings. The number of hydrogen-bond acceptors (Lipinski definition) is 2. The first kappa shape index (κ1) is 14.5. The zero-order chi connectivity index (χ0) is 15.9. The number of rotatable bonds is 2. The summed E-state index contributed by atoms with van der Waals surface area (Å²) in [5.41, 5.74) is 3.29. The van der Waals surface area contributed by atoms with Crippen LogP contribution in [-0.4, -0.2) is 19.3 Å². The van der Waals surface area contributed by atoms with Crippen LogP contribution in [0.25, 0.3) is 21.9 Å². The molecule has 3 aromatic carbocycles. The highest BCUT2D eigenvalue weighted by atomic mass is 16.7. The van der Waals surface area contributed by atoms with Crippen LogP contribution in [0.5, 0.6) is 0 Å². The van der Waals surface area contributed by atoms with Gasteiger partial charge in [-0.1, -0.05) is 60.7 Å². The summed E-state index contributed by atoms with van der Waals surface area (Å²) in [5, 5.41) is 2.53. The van der Waals surface area contributed by atoms with Gasteiger partial charge in [0.15, 0.2) is 0 Å². The molecule has 2 nitrogen and oxygen atoms in total. The minimum atomic E-state index is -0.254. The van der Waals surface area contributed by atoms with Crippen molar-refractivity contribution in [2.45, 2.75) is 19.4 Å². The predicted octanol–water partition coefficient (Wildman–Crippen LogP) is 4.03. The molecule has 0 amide bonds. The van der Waals surface area contributed by atoms with Crippen LogP contribution >= 0.6 is 0 Å². The van der Waals surface area contributed by atoms with Crippen molar-refractivity contribution in [3.05, 3.63) is 66.7 Å². The van der Waals surface area contributed by atoms with Gasteiger partial charge in [-0.3, -0.25) is 0 Å². The number of hydrogen-bond donors (Lipinski definition) is 0. The van der Waals surface area contributed by atoms with Gasteiger partial charge in [-0.05, 0) is 47.3 Å². The van der Waals surface area contributed by atoms with E-state index in [1.165, 1.54) is 21.9 Å². The molecule has 3 aromatic rings. The zero-order valence-corrected chi connectivity index (χ0v) is 13.5. The van der Waals surface area contributed by atoms with Crippen molar-refractivity contribution in [1.82, 2.24) is 0 Å². The second kappa shape index (κ2) is 5.52. The third-order valence-corrected chi connectivity index (χ3v) is 4.27. The van der Waals surface area contributed by atoms with E-state index in [0.29, 0.717) is 6.61 Å². The molecule has 0 N–H and O–H groups in total. The molecule has 1 aliphatic heterocycles. The van der Waals surface area contributed by atoms with E-state index < -0.39 is 0 Å². The molecular weight excluding hydrogens is 283 g/mol. The minimum Gasteiger partial charge on any atom is -0.404 e. The van der Waals surface area contributed by atoms with Crippen LogP contribution in [-0.2, 0) is 9.31 Å². The SMILES string of the molecule is CC1(C)COB(c2ccc(-c3ccc4ccccc4c3)cc2)O1. The van der Waals surface area contributed by atoms with E-state index in [1.54, 1.807) is 0 Å².